The number of hydrogen-bond donors (Lipinski definition) is 0. The van der Waals surface area contributed by atoms with Crippen molar-refractivity contribution >= 4 is 48.5 Å². The summed E-state index contributed by atoms with van der Waals surface area (Å²) in [6.45, 7) is 58.7. The lowest BCUT2D eigenvalue weighted by Gasteiger charge is -2.06. The standard InChI is InChI=1S/2C11H12.5C10H11N.7C2H6/c1-8-6-10-4-3-5-11(10)7-9(8)2;1-8-6-7-10-4-3-5-11(10)9(8)2;1-7-3-9-5-11-6-10(9)4-8(7)2;1-7-5-9-3-4-11-10(9)6-8(7)2;1-7-8(2)11-6-9-4-3-5-10(7)9;2*1-7-6-9-4-3-5-10(9)11-8(7)2;7*1-2/h2*3-4,6-7H,5H2,1-2H3;3-5H,6H2,1-2H3;4-6H,3H2,1-2H3;3-4,6H,5H2,1-2H3;3,5-6H,4H2,1-2H3;3-4,6H,5H2,1-2H3;7*1-2H3. The highest BCUT2D eigenvalue weighted by Gasteiger charge is 2.13. The first kappa shape index (κ1) is 81.4. The summed E-state index contributed by atoms with van der Waals surface area (Å²) >= 11 is 0. The maximum atomic E-state index is 4.49. The first-order chi connectivity index (χ1) is 43.9. The maximum absolute atomic E-state index is 4.49. The number of nitrogens with zero attached hydrogens (tertiary/aromatic N) is 5. The molecule has 91 heavy (non-hydrogen) atoms. The number of hydrogen-bond acceptors (Lipinski definition) is 5. The third-order valence-electron chi connectivity index (χ3n) is 16.1. The molecule has 5 nitrogen and oxygen atoms in total. The summed E-state index contributed by atoms with van der Waals surface area (Å²) in [5.41, 5.74) is 37.4. The van der Waals surface area contributed by atoms with E-state index in [4.69, 9.17) is 0 Å². The summed E-state index contributed by atoms with van der Waals surface area (Å²) in [6.07, 6.45) is 34.1. The van der Waals surface area contributed by atoms with Gasteiger partial charge in [-0.1, -0.05) is 194 Å². The minimum atomic E-state index is 0.871. The van der Waals surface area contributed by atoms with Crippen LogP contribution < -0.4 is 0 Å². The number of fused-ring (bicyclic) bond motifs is 7. The molecule has 3 aromatic heterocycles. The van der Waals surface area contributed by atoms with E-state index in [0.29, 0.717) is 0 Å². The van der Waals surface area contributed by atoms with Crippen LogP contribution in [0.4, 0.5) is 5.69 Å². The topological polar surface area (TPSA) is 63.4 Å². The minimum absolute atomic E-state index is 0.871. The van der Waals surface area contributed by atoms with Crippen molar-refractivity contribution in [1.82, 2.24) is 15.0 Å². The van der Waals surface area contributed by atoms with Crippen molar-refractivity contribution in [3.63, 3.8) is 0 Å². The number of aryl methyl sites for hydroxylation is 12. The van der Waals surface area contributed by atoms with E-state index in [2.05, 4.69) is 243 Å². The number of aliphatic imine (C=N–C) groups is 2. The fourth-order valence-corrected chi connectivity index (χ4v) is 10.2. The second-order valence-corrected chi connectivity index (χ2v) is 21.7. The van der Waals surface area contributed by atoms with Gasteiger partial charge in [-0.15, -0.1) is 0 Å². The Morgan fingerprint density at radius 2 is 0.769 bits per heavy atom. The first-order valence-corrected chi connectivity index (χ1v) is 34.6. The normalized spacial score (nSPS) is 12.0. The molecule has 0 fully saturated rings. The van der Waals surface area contributed by atoms with Crippen LogP contribution in [0.1, 0.15) is 248 Å². The van der Waals surface area contributed by atoms with E-state index >= 15 is 0 Å². The molecule has 0 saturated carbocycles. The number of allylic oxidation sites excluding steroid dienone is 5. The van der Waals surface area contributed by atoms with Crippen LogP contribution in [0, 0.1) is 96.9 Å². The number of benzene rings is 4. The smallest absolute Gasteiger partial charge is 0.0665 e. The van der Waals surface area contributed by atoms with E-state index in [-0.39, 0.29) is 0 Å². The Balaban J connectivity index is 0.000000514. The highest BCUT2D eigenvalue weighted by atomic mass is 14.7. The Kier molecular flexibility index (Phi) is 39.3. The van der Waals surface area contributed by atoms with E-state index in [9.17, 15) is 0 Å². The van der Waals surface area contributed by atoms with Gasteiger partial charge in [-0.3, -0.25) is 24.9 Å². The minimum Gasteiger partial charge on any atom is -0.288 e. The summed E-state index contributed by atoms with van der Waals surface area (Å²) in [5.74, 6) is 0. The zero-order chi connectivity index (χ0) is 68.9. The second-order valence-electron chi connectivity index (χ2n) is 21.7. The van der Waals surface area contributed by atoms with Crippen LogP contribution in [-0.4, -0.2) is 27.4 Å². The van der Waals surface area contributed by atoms with Crippen molar-refractivity contribution in [3.8, 4) is 0 Å². The SMILES string of the molecule is CC.CC.CC.CC.CC.CC.CC.Cc1cc2c(cc1C)CC=C2.Cc1cc2c(cc1C)CN=C2.Cc1cc2c(cc1C)N=CC2.Cc1cc2c(nc1C)C=CC2.Cc1cc2c(nc1C)CC=C2.Cc1ccc2c(c1C)CC=C2.Cc1ncc2c(c1C)CC=C2. The van der Waals surface area contributed by atoms with Gasteiger partial charge in [-0.2, -0.15) is 0 Å². The zero-order valence-electron chi connectivity index (χ0n) is 62.5. The van der Waals surface area contributed by atoms with E-state index in [1.54, 1.807) is 0 Å². The first-order valence-electron chi connectivity index (χ1n) is 34.6. The molecule has 0 bridgehead atoms. The molecule has 0 N–H and O–H groups in total. The highest BCUT2D eigenvalue weighted by molar-refractivity contribution is 5.85. The quantitative estimate of drug-likeness (QED) is 0.152. The van der Waals surface area contributed by atoms with Crippen molar-refractivity contribution in [3.05, 3.63) is 248 Å². The van der Waals surface area contributed by atoms with Gasteiger partial charge >= 0.3 is 0 Å². The van der Waals surface area contributed by atoms with Crippen molar-refractivity contribution in [2.75, 3.05) is 0 Å². The molecule has 0 spiro atoms. The van der Waals surface area contributed by atoms with Crippen LogP contribution in [0.2, 0.25) is 0 Å². The lowest BCUT2D eigenvalue weighted by atomic mass is 9.99. The molecule has 0 atom stereocenters. The zero-order valence-corrected chi connectivity index (χ0v) is 62.5. The second kappa shape index (κ2) is 44.0. The van der Waals surface area contributed by atoms with Gasteiger partial charge in [0.25, 0.3) is 0 Å². The van der Waals surface area contributed by atoms with Crippen LogP contribution in [0.5, 0.6) is 0 Å². The Hall–Kier alpha value is -7.63. The Labute approximate surface area is 557 Å². The summed E-state index contributed by atoms with van der Waals surface area (Å²) in [6, 6.07) is 22.3. The van der Waals surface area contributed by atoms with Gasteiger partial charge in [-0.05, 0) is 269 Å². The fraction of sp³-hybridized carbons (Fsp3) is 0.407. The van der Waals surface area contributed by atoms with Gasteiger partial charge in [0.2, 0.25) is 0 Å². The van der Waals surface area contributed by atoms with Crippen molar-refractivity contribution in [1.29, 1.82) is 0 Å². The molecule has 0 unspecified atom stereocenters. The van der Waals surface area contributed by atoms with Crippen LogP contribution in [-0.2, 0) is 45.1 Å². The third kappa shape index (κ3) is 24.2. The van der Waals surface area contributed by atoms with Gasteiger partial charge in [0.15, 0.2) is 0 Å². The molecule has 7 aromatic rings. The van der Waals surface area contributed by atoms with Crippen LogP contribution in [0.15, 0.2) is 107 Å². The van der Waals surface area contributed by atoms with Gasteiger partial charge in [0, 0.05) is 48.5 Å². The van der Waals surface area contributed by atoms with Gasteiger partial charge < -0.3 is 0 Å². The maximum Gasteiger partial charge on any atom is 0.0665 e. The summed E-state index contributed by atoms with van der Waals surface area (Å²) in [7, 11) is 0. The molecule has 490 valence electrons. The molecule has 0 radical (unpaired) electrons. The molecule has 5 aliphatic carbocycles. The molecule has 5 heterocycles. The number of aromatic nitrogens is 3. The average molecular weight is 1220 g/mol. The lowest BCUT2D eigenvalue weighted by Crippen LogP contribution is -1.93. The Bertz CT molecular complexity index is 3130. The summed E-state index contributed by atoms with van der Waals surface area (Å²) in [5, 5.41) is 0. The molecule has 5 heteroatoms. The Morgan fingerprint density at radius 1 is 0.319 bits per heavy atom. The van der Waals surface area contributed by atoms with Crippen LogP contribution >= 0.6 is 0 Å². The van der Waals surface area contributed by atoms with Crippen LogP contribution in [0.25, 0.3) is 30.4 Å². The molecule has 14 rings (SSSR count). The molecule has 2 aliphatic heterocycles. The van der Waals surface area contributed by atoms with Crippen molar-refractivity contribution < 1.29 is 0 Å². The van der Waals surface area contributed by atoms with Crippen LogP contribution in [0.3, 0.4) is 0 Å². The predicted molar refractivity (Wildman–Crippen MR) is 411 cm³/mol. The van der Waals surface area contributed by atoms with E-state index in [1.807, 2.05) is 116 Å². The van der Waals surface area contributed by atoms with E-state index in [0.717, 1.165) is 73.5 Å². The number of pyridine rings is 3. The monoisotopic (exact) mass is 1220 g/mol. The molecular formula is C86H121N5. The van der Waals surface area contributed by atoms with Crippen molar-refractivity contribution in [2.24, 2.45) is 9.98 Å². The van der Waals surface area contributed by atoms with E-state index in [1.165, 1.54) is 128 Å². The fourth-order valence-electron chi connectivity index (χ4n) is 10.2. The number of rotatable bonds is 0. The van der Waals surface area contributed by atoms with Crippen molar-refractivity contribution in [2.45, 2.75) is 239 Å². The lowest BCUT2D eigenvalue weighted by molar-refractivity contribution is 1.05. The highest BCUT2D eigenvalue weighted by Crippen LogP contribution is 2.29. The molecule has 7 aliphatic rings. The molecule has 0 saturated heterocycles. The Morgan fingerprint density at radius 3 is 1.41 bits per heavy atom. The summed E-state index contributed by atoms with van der Waals surface area (Å²) in [4.78, 5) is 21.7. The van der Waals surface area contributed by atoms with Gasteiger partial charge in [0.1, 0.15) is 0 Å². The van der Waals surface area contributed by atoms with Gasteiger partial charge in [0.05, 0.1) is 23.6 Å². The predicted octanol–water partition coefficient (Wildman–Crippen LogP) is 24.5. The molecule has 0 amide bonds. The average Bonchev–Trinajstić information content (AvgIpc) is 4.30. The van der Waals surface area contributed by atoms with E-state index < -0.39 is 0 Å². The summed E-state index contributed by atoms with van der Waals surface area (Å²) < 4.78 is 0. The van der Waals surface area contributed by atoms with Gasteiger partial charge in [-0.25, -0.2) is 0 Å². The molecule has 4 aromatic carbocycles. The third-order valence-corrected chi connectivity index (χ3v) is 16.1. The molecular weight excluding hydrogens is 1100 g/mol. The largest absolute Gasteiger partial charge is 0.288 e.